The van der Waals surface area contributed by atoms with Gasteiger partial charge in [-0.25, -0.2) is 9.37 Å². The van der Waals surface area contributed by atoms with Gasteiger partial charge in [-0.1, -0.05) is 0 Å². The van der Waals surface area contributed by atoms with Crippen LogP contribution in [0.25, 0.3) is 11.0 Å². The number of halogens is 3. The summed E-state index contributed by atoms with van der Waals surface area (Å²) in [6.07, 6.45) is 2.92. The molecular formula is C14H15BrClFN2O. The molecule has 20 heavy (non-hydrogen) atoms. The summed E-state index contributed by atoms with van der Waals surface area (Å²) in [5, 5.41) is 0. The van der Waals surface area contributed by atoms with Crippen molar-refractivity contribution in [3.05, 3.63) is 28.2 Å². The summed E-state index contributed by atoms with van der Waals surface area (Å²) < 4.78 is 21.6. The fourth-order valence-electron chi connectivity index (χ4n) is 2.75. The van der Waals surface area contributed by atoms with Crippen molar-refractivity contribution in [2.24, 2.45) is 0 Å². The van der Waals surface area contributed by atoms with Crippen molar-refractivity contribution in [1.29, 1.82) is 0 Å². The number of aromatic nitrogens is 2. The lowest BCUT2D eigenvalue weighted by Crippen LogP contribution is -2.33. The van der Waals surface area contributed by atoms with Crippen LogP contribution in [0.3, 0.4) is 0 Å². The van der Waals surface area contributed by atoms with E-state index in [9.17, 15) is 4.39 Å². The predicted octanol–water partition coefficient (Wildman–Crippen LogP) is 4.07. The van der Waals surface area contributed by atoms with Crippen molar-refractivity contribution >= 4 is 38.6 Å². The number of nitrogens with zero attached hydrogens (tertiary/aromatic N) is 2. The molecule has 0 saturated heterocycles. The lowest BCUT2D eigenvalue weighted by atomic mass is 9.88. The van der Waals surface area contributed by atoms with Crippen molar-refractivity contribution in [3.8, 4) is 0 Å². The van der Waals surface area contributed by atoms with E-state index < -0.39 is 0 Å². The summed E-state index contributed by atoms with van der Waals surface area (Å²) in [5.41, 5.74) is 1.64. The number of hydrogen-bond donors (Lipinski definition) is 0. The van der Waals surface area contributed by atoms with Crippen molar-refractivity contribution in [1.82, 2.24) is 9.55 Å². The van der Waals surface area contributed by atoms with E-state index in [1.165, 1.54) is 6.07 Å². The van der Waals surface area contributed by atoms with Gasteiger partial charge in [0, 0.05) is 31.5 Å². The van der Waals surface area contributed by atoms with Crippen LogP contribution in [-0.2, 0) is 11.2 Å². The zero-order chi connectivity index (χ0) is 14.3. The first kappa shape index (κ1) is 14.3. The number of hydrogen-bond acceptors (Lipinski definition) is 2. The average molecular weight is 362 g/mol. The molecule has 0 amide bonds. The molecule has 1 aromatic heterocycles. The zero-order valence-corrected chi connectivity index (χ0v) is 13.4. The highest BCUT2D eigenvalue weighted by Crippen LogP contribution is 2.38. The van der Waals surface area contributed by atoms with E-state index in [0.717, 1.165) is 24.2 Å². The highest BCUT2D eigenvalue weighted by atomic mass is 79.9. The van der Waals surface area contributed by atoms with E-state index in [0.29, 0.717) is 34.4 Å². The number of methoxy groups -OCH3 is 1. The lowest BCUT2D eigenvalue weighted by molar-refractivity contribution is 0.00663. The average Bonchev–Trinajstić information content (AvgIpc) is 2.68. The molecule has 0 aliphatic heterocycles. The Labute approximate surface area is 130 Å². The van der Waals surface area contributed by atoms with Crippen LogP contribution in [0.15, 0.2) is 16.6 Å². The minimum absolute atomic E-state index is 0.289. The lowest BCUT2D eigenvalue weighted by Gasteiger charge is -2.36. The molecule has 1 aromatic carbocycles. The number of benzene rings is 1. The summed E-state index contributed by atoms with van der Waals surface area (Å²) in [4.78, 5) is 4.54. The molecule has 1 aliphatic rings. The largest absolute Gasteiger partial charge is 0.381 e. The highest BCUT2D eigenvalue weighted by Gasteiger charge is 2.33. The van der Waals surface area contributed by atoms with Gasteiger partial charge in [-0.05, 0) is 34.8 Å². The van der Waals surface area contributed by atoms with E-state index >= 15 is 0 Å². The predicted molar refractivity (Wildman–Crippen MR) is 80.9 cm³/mol. The molecule has 0 bridgehead atoms. The Hall–Kier alpha value is -0.650. The molecule has 108 valence electrons. The van der Waals surface area contributed by atoms with E-state index in [-0.39, 0.29) is 5.82 Å². The fourth-order valence-corrected chi connectivity index (χ4v) is 3.25. The molecule has 2 aromatic rings. The zero-order valence-electron chi connectivity index (χ0n) is 11.1. The molecule has 0 spiro atoms. The second-order valence-electron chi connectivity index (χ2n) is 5.07. The van der Waals surface area contributed by atoms with Gasteiger partial charge in [0.1, 0.15) is 11.6 Å². The Balaban J connectivity index is 2.07. The summed E-state index contributed by atoms with van der Waals surface area (Å²) in [6, 6.07) is 3.64. The van der Waals surface area contributed by atoms with Crippen LogP contribution in [0.5, 0.6) is 0 Å². The van der Waals surface area contributed by atoms with Gasteiger partial charge in [0.15, 0.2) is 0 Å². The van der Waals surface area contributed by atoms with E-state index in [1.807, 2.05) is 0 Å². The second-order valence-corrected chi connectivity index (χ2v) is 6.31. The number of rotatable bonds is 4. The van der Waals surface area contributed by atoms with Crippen LogP contribution in [0.2, 0.25) is 0 Å². The van der Waals surface area contributed by atoms with Crippen molar-refractivity contribution < 1.29 is 9.13 Å². The van der Waals surface area contributed by atoms with Gasteiger partial charge in [-0.15, -0.1) is 11.6 Å². The minimum Gasteiger partial charge on any atom is -0.381 e. The minimum atomic E-state index is -0.289. The van der Waals surface area contributed by atoms with Crippen LogP contribution in [0.4, 0.5) is 4.39 Å². The van der Waals surface area contributed by atoms with Crippen LogP contribution >= 0.6 is 27.5 Å². The van der Waals surface area contributed by atoms with Crippen molar-refractivity contribution in [2.75, 3.05) is 13.0 Å². The maximum absolute atomic E-state index is 13.6. The topological polar surface area (TPSA) is 27.1 Å². The molecule has 0 unspecified atom stereocenters. The third-order valence-corrected chi connectivity index (χ3v) is 4.69. The quantitative estimate of drug-likeness (QED) is 0.768. The van der Waals surface area contributed by atoms with E-state index in [1.54, 1.807) is 13.2 Å². The molecular weight excluding hydrogens is 347 g/mol. The molecule has 0 radical (unpaired) electrons. The third-order valence-electron chi connectivity index (χ3n) is 3.89. The Morgan fingerprint density at radius 1 is 1.50 bits per heavy atom. The van der Waals surface area contributed by atoms with Gasteiger partial charge >= 0.3 is 0 Å². The molecule has 1 fully saturated rings. The van der Waals surface area contributed by atoms with Gasteiger partial charge in [0.2, 0.25) is 0 Å². The first-order valence-electron chi connectivity index (χ1n) is 6.58. The van der Waals surface area contributed by atoms with Crippen LogP contribution in [0, 0.1) is 5.82 Å². The van der Waals surface area contributed by atoms with Crippen molar-refractivity contribution in [2.45, 2.75) is 31.4 Å². The van der Waals surface area contributed by atoms with Crippen molar-refractivity contribution in [3.63, 3.8) is 0 Å². The number of aryl methyl sites for hydroxylation is 1. The maximum Gasteiger partial charge on any atom is 0.139 e. The molecule has 3 nitrogen and oxygen atoms in total. The highest BCUT2D eigenvalue weighted by molar-refractivity contribution is 9.10. The summed E-state index contributed by atoms with van der Waals surface area (Å²) >= 11 is 9.11. The monoisotopic (exact) mass is 360 g/mol. The maximum atomic E-state index is 13.6. The molecule has 6 heteroatoms. The van der Waals surface area contributed by atoms with Crippen LogP contribution in [0.1, 0.15) is 24.7 Å². The van der Waals surface area contributed by atoms with Crippen LogP contribution < -0.4 is 0 Å². The Morgan fingerprint density at radius 3 is 2.90 bits per heavy atom. The third kappa shape index (κ3) is 2.36. The van der Waals surface area contributed by atoms with E-state index in [2.05, 4.69) is 25.5 Å². The van der Waals surface area contributed by atoms with Gasteiger partial charge in [-0.2, -0.15) is 0 Å². The SMILES string of the molecule is COC1CC(n2c(CCCl)nc3cc(F)c(Br)cc32)C1. The summed E-state index contributed by atoms with van der Waals surface area (Å²) in [7, 11) is 1.73. The molecule has 3 rings (SSSR count). The standard InChI is InChI=1S/C14H15BrClFN2O/c1-20-9-4-8(5-9)19-13-6-10(15)11(17)7-12(13)18-14(19)2-3-16/h6-9H,2-5H2,1H3. The fraction of sp³-hybridized carbons (Fsp3) is 0.500. The van der Waals surface area contributed by atoms with E-state index in [4.69, 9.17) is 16.3 Å². The summed E-state index contributed by atoms with van der Waals surface area (Å²) in [6.45, 7) is 0. The Bertz CT molecular complexity index is 640. The first-order valence-corrected chi connectivity index (χ1v) is 7.91. The number of fused-ring (bicyclic) bond motifs is 1. The molecule has 1 heterocycles. The first-order chi connectivity index (χ1) is 9.63. The van der Waals surface area contributed by atoms with Gasteiger partial charge in [0.25, 0.3) is 0 Å². The number of ether oxygens (including phenoxy) is 1. The number of imidazole rings is 1. The molecule has 0 N–H and O–H groups in total. The summed E-state index contributed by atoms with van der Waals surface area (Å²) in [5.74, 6) is 1.14. The second kappa shape index (κ2) is 5.62. The molecule has 1 aliphatic carbocycles. The molecule has 0 atom stereocenters. The Kier molecular flexibility index (Phi) is 4.02. The van der Waals surface area contributed by atoms with Gasteiger partial charge in [0.05, 0.1) is 21.6 Å². The Morgan fingerprint density at radius 2 is 2.25 bits per heavy atom. The smallest absolute Gasteiger partial charge is 0.139 e. The normalized spacial score (nSPS) is 22.2. The van der Waals surface area contributed by atoms with Crippen LogP contribution in [-0.4, -0.2) is 28.6 Å². The van der Waals surface area contributed by atoms with Gasteiger partial charge < -0.3 is 9.30 Å². The molecule has 1 saturated carbocycles. The van der Waals surface area contributed by atoms with Gasteiger partial charge in [-0.3, -0.25) is 0 Å². The number of alkyl halides is 1.